The summed E-state index contributed by atoms with van der Waals surface area (Å²) in [5.74, 6) is -2.43. The third-order valence-electron chi connectivity index (χ3n) is 2.08. The van der Waals surface area contributed by atoms with Crippen LogP contribution in [0.25, 0.3) is 0 Å². The lowest BCUT2D eigenvalue weighted by atomic mass is 10.2. The van der Waals surface area contributed by atoms with Gasteiger partial charge in [-0.1, -0.05) is 0 Å². The Morgan fingerprint density at radius 2 is 2.26 bits per heavy atom. The lowest BCUT2D eigenvalue weighted by Crippen LogP contribution is -2.04. The molecule has 0 aliphatic carbocycles. The van der Waals surface area contributed by atoms with Gasteiger partial charge in [-0.15, -0.1) is 0 Å². The molecule has 0 radical (unpaired) electrons. The predicted molar refractivity (Wildman–Crippen MR) is 60.6 cm³/mol. The lowest BCUT2D eigenvalue weighted by molar-refractivity contribution is -0.385. The summed E-state index contributed by atoms with van der Waals surface area (Å²) in [6.07, 6.45) is 2.60. The van der Waals surface area contributed by atoms with Crippen LogP contribution in [-0.4, -0.2) is 21.0 Å². The molecule has 0 saturated heterocycles. The van der Waals surface area contributed by atoms with E-state index in [-0.39, 0.29) is 10.1 Å². The van der Waals surface area contributed by atoms with Gasteiger partial charge in [-0.05, 0) is 17.8 Å². The van der Waals surface area contributed by atoms with E-state index in [0.717, 1.165) is 17.8 Å². The van der Waals surface area contributed by atoms with Crippen LogP contribution in [0.15, 0.2) is 39.1 Å². The fourth-order valence-corrected chi connectivity index (χ4v) is 2.04. The molecule has 98 valence electrons. The van der Waals surface area contributed by atoms with Crippen molar-refractivity contribution >= 4 is 23.4 Å². The van der Waals surface area contributed by atoms with Gasteiger partial charge in [0.15, 0.2) is 0 Å². The van der Waals surface area contributed by atoms with Crippen molar-refractivity contribution in [3.05, 3.63) is 46.1 Å². The first-order valence-corrected chi connectivity index (χ1v) is 5.59. The standard InChI is InChI=1S/C10H5FN2O5S/c11-6-4-7(13(16)17)5(9(14)15)3-8(6)19-10-12-1-2-18-10/h1-4H,(H,14,15). The van der Waals surface area contributed by atoms with Crippen molar-refractivity contribution in [2.75, 3.05) is 0 Å². The molecule has 19 heavy (non-hydrogen) atoms. The van der Waals surface area contributed by atoms with Gasteiger partial charge in [-0.2, -0.15) is 0 Å². The molecule has 1 aromatic heterocycles. The van der Waals surface area contributed by atoms with Crippen LogP contribution >= 0.6 is 11.8 Å². The second-order valence-electron chi connectivity index (χ2n) is 3.26. The highest BCUT2D eigenvalue weighted by molar-refractivity contribution is 7.99. The summed E-state index contributed by atoms with van der Waals surface area (Å²) in [5.41, 5.74) is -1.40. The smallest absolute Gasteiger partial charge is 0.342 e. The minimum absolute atomic E-state index is 0.101. The molecule has 0 atom stereocenters. The molecule has 0 saturated carbocycles. The summed E-state index contributed by atoms with van der Waals surface area (Å²) in [6, 6.07) is 1.44. The highest BCUT2D eigenvalue weighted by Crippen LogP contribution is 2.33. The molecule has 7 nitrogen and oxygen atoms in total. The van der Waals surface area contributed by atoms with Crippen LogP contribution < -0.4 is 0 Å². The van der Waals surface area contributed by atoms with E-state index in [1.807, 2.05) is 0 Å². The van der Waals surface area contributed by atoms with E-state index in [1.165, 1.54) is 12.5 Å². The molecule has 0 fully saturated rings. The van der Waals surface area contributed by atoms with Crippen LogP contribution in [0, 0.1) is 15.9 Å². The second-order valence-corrected chi connectivity index (χ2v) is 4.26. The highest BCUT2D eigenvalue weighted by Gasteiger charge is 2.24. The van der Waals surface area contributed by atoms with Crippen LogP contribution in [0.3, 0.4) is 0 Å². The number of carboxylic acids is 1. The number of rotatable bonds is 4. The monoisotopic (exact) mass is 284 g/mol. The maximum absolute atomic E-state index is 13.7. The molecule has 0 unspecified atom stereocenters. The van der Waals surface area contributed by atoms with Crippen LogP contribution in [0.5, 0.6) is 0 Å². The first-order chi connectivity index (χ1) is 8.99. The van der Waals surface area contributed by atoms with Gasteiger partial charge >= 0.3 is 5.97 Å². The average Bonchev–Trinajstić information content (AvgIpc) is 2.83. The first-order valence-electron chi connectivity index (χ1n) is 4.77. The topological polar surface area (TPSA) is 106 Å². The Kier molecular flexibility index (Phi) is 3.47. The minimum atomic E-state index is -1.51. The van der Waals surface area contributed by atoms with Crippen molar-refractivity contribution in [3.8, 4) is 0 Å². The number of aromatic carboxylic acids is 1. The van der Waals surface area contributed by atoms with Gasteiger partial charge in [0.05, 0.1) is 22.1 Å². The first kappa shape index (κ1) is 13.0. The number of hydrogen-bond acceptors (Lipinski definition) is 6. The zero-order valence-corrected chi connectivity index (χ0v) is 9.89. The minimum Gasteiger partial charge on any atom is -0.477 e. The molecule has 0 aliphatic heterocycles. The van der Waals surface area contributed by atoms with E-state index in [4.69, 9.17) is 9.52 Å². The zero-order valence-electron chi connectivity index (χ0n) is 9.07. The normalized spacial score (nSPS) is 10.4. The van der Waals surface area contributed by atoms with E-state index in [1.54, 1.807) is 0 Å². The van der Waals surface area contributed by atoms with E-state index < -0.39 is 28.0 Å². The SMILES string of the molecule is O=C(O)c1cc(Sc2ncco2)c(F)cc1[N+](=O)[O-]. The van der Waals surface area contributed by atoms with E-state index >= 15 is 0 Å². The molecule has 2 aromatic rings. The van der Waals surface area contributed by atoms with E-state index in [9.17, 15) is 19.3 Å². The maximum Gasteiger partial charge on any atom is 0.342 e. The molecule has 9 heteroatoms. The second kappa shape index (κ2) is 5.06. The van der Waals surface area contributed by atoms with Crippen molar-refractivity contribution in [1.82, 2.24) is 4.98 Å². The van der Waals surface area contributed by atoms with Gasteiger partial charge in [0.25, 0.3) is 10.9 Å². The quantitative estimate of drug-likeness (QED) is 0.679. The number of aromatic nitrogens is 1. The van der Waals surface area contributed by atoms with E-state index in [2.05, 4.69) is 4.98 Å². The highest BCUT2D eigenvalue weighted by atomic mass is 32.2. The van der Waals surface area contributed by atoms with Gasteiger partial charge in [-0.25, -0.2) is 14.2 Å². The molecule has 0 bridgehead atoms. The number of carboxylic acid groups (broad SMARTS) is 1. The largest absolute Gasteiger partial charge is 0.477 e. The van der Waals surface area contributed by atoms with Crippen LogP contribution in [-0.2, 0) is 0 Å². The molecule has 1 aromatic carbocycles. The predicted octanol–water partition coefficient (Wildman–Crippen LogP) is 2.57. The summed E-state index contributed by atoms with van der Waals surface area (Å²) in [4.78, 5) is 24.2. The molecular weight excluding hydrogens is 279 g/mol. The van der Waals surface area contributed by atoms with Crippen molar-refractivity contribution in [3.63, 3.8) is 0 Å². The molecule has 2 rings (SSSR count). The van der Waals surface area contributed by atoms with Crippen LogP contribution in [0.4, 0.5) is 10.1 Å². The lowest BCUT2D eigenvalue weighted by Gasteiger charge is -2.03. The summed E-state index contributed by atoms with van der Waals surface area (Å²) in [5, 5.41) is 19.6. The van der Waals surface area contributed by atoms with Gasteiger partial charge in [0.2, 0.25) is 0 Å². The van der Waals surface area contributed by atoms with Crippen molar-refractivity contribution in [2.24, 2.45) is 0 Å². The summed E-state index contributed by atoms with van der Waals surface area (Å²) in [6.45, 7) is 0. The zero-order chi connectivity index (χ0) is 14.0. The van der Waals surface area contributed by atoms with Crippen LogP contribution in [0.2, 0.25) is 0 Å². The molecular formula is C10H5FN2O5S. The van der Waals surface area contributed by atoms with Gasteiger partial charge in [0, 0.05) is 0 Å². The van der Waals surface area contributed by atoms with Crippen molar-refractivity contribution in [2.45, 2.75) is 10.1 Å². The summed E-state index contributed by atoms with van der Waals surface area (Å²) >= 11 is 0.734. The number of nitro groups is 1. The van der Waals surface area contributed by atoms with E-state index in [0.29, 0.717) is 6.07 Å². The number of halogens is 1. The third kappa shape index (κ3) is 2.71. The Hall–Kier alpha value is -2.42. The number of hydrogen-bond donors (Lipinski definition) is 1. The number of carbonyl (C=O) groups is 1. The van der Waals surface area contributed by atoms with Gasteiger partial charge in [0.1, 0.15) is 17.6 Å². The Morgan fingerprint density at radius 3 is 2.79 bits per heavy atom. The Balaban J connectivity index is 2.48. The Bertz CT molecular complexity index is 644. The molecule has 0 aliphatic rings. The molecule has 1 N–H and O–H groups in total. The van der Waals surface area contributed by atoms with Gasteiger partial charge < -0.3 is 9.52 Å². The van der Waals surface area contributed by atoms with Crippen molar-refractivity contribution in [1.29, 1.82) is 0 Å². The number of benzene rings is 1. The third-order valence-corrected chi connectivity index (χ3v) is 2.99. The summed E-state index contributed by atoms with van der Waals surface area (Å²) in [7, 11) is 0. The summed E-state index contributed by atoms with van der Waals surface area (Å²) < 4.78 is 18.5. The fourth-order valence-electron chi connectivity index (χ4n) is 1.30. The van der Waals surface area contributed by atoms with Crippen molar-refractivity contribution < 1.29 is 23.6 Å². The number of nitro benzene ring substituents is 1. The molecule has 0 amide bonds. The average molecular weight is 284 g/mol. The maximum atomic E-state index is 13.7. The molecule has 0 spiro atoms. The van der Waals surface area contributed by atoms with Crippen LogP contribution in [0.1, 0.15) is 10.4 Å². The fraction of sp³-hybridized carbons (Fsp3) is 0. The number of nitrogens with zero attached hydrogens (tertiary/aromatic N) is 2. The Morgan fingerprint density at radius 1 is 1.53 bits per heavy atom. The molecule has 1 heterocycles. The van der Waals surface area contributed by atoms with Gasteiger partial charge in [-0.3, -0.25) is 10.1 Å². The number of oxazole rings is 1. The Labute approximate surface area is 109 Å².